The van der Waals surface area contributed by atoms with Gasteiger partial charge < -0.3 is 5.73 Å². The van der Waals surface area contributed by atoms with Gasteiger partial charge >= 0.3 is 0 Å². The van der Waals surface area contributed by atoms with Crippen LogP contribution in [0.2, 0.25) is 0 Å². The number of nitrogens with two attached hydrogens (primary N) is 1. The van der Waals surface area contributed by atoms with Crippen LogP contribution in [0.5, 0.6) is 0 Å². The number of anilines is 1. The van der Waals surface area contributed by atoms with Crippen LogP contribution in [0.4, 0.5) is 5.69 Å². The minimum absolute atomic E-state index is 0.00347. The Hall–Kier alpha value is -1.58. The van der Waals surface area contributed by atoms with E-state index < -0.39 is 10.0 Å². The van der Waals surface area contributed by atoms with Gasteiger partial charge in [-0.15, -0.1) is 0 Å². The van der Waals surface area contributed by atoms with Gasteiger partial charge in [0, 0.05) is 5.69 Å². The molecule has 6 heteroatoms. The molecule has 16 heavy (non-hydrogen) atoms. The molecule has 1 rings (SSSR count). The average Bonchev–Trinajstić information content (AvgIpc) is 2.27. The molecule has 86 valence electrons. The lowest BCUT2D eigenvalue weighted by molar-refractivity contribution is 0.599. The summed E-state index contributed by atoms with van der Waals surface area (Å²) in [5.41, 5.74) is 6.18. The van der Waals surface area contributed by atoms with E-state index in [0.29, 0.717) is 24.2 Å². The first-order valence-corrected chi connectivity index (χ1v) is 6.43. The standard InChI is InChI=1S/C10H13N3O2S/c11-6-1-7-16(14,15)13-10-4-2-9(8-12)3-5-10/h2-5,13H,1,6-7,11H2. The summed E-state index contributed by atoms with van der Waals surface area (Å²) in [7, 11) is -3.33. The Morgan fingerprint density at radius 2 is 1.94 bits per heavy atom. The van der Waals surface area contributed by atoms with Crippen molar-refractivity contribution < 1.29 is 8.42 Å². The number of hydrogen-bond donors (Lipinski definition) is 2. The van der Waals surface area contributed by atoms with E-state index >= 15 is 0 Å². The molecular formula is C10H13N3O2S. The van der Waals surface area contributed by atoms with E-state index in [9.17, 15) is 8.42 Å². The van der Waals surface area contributed by atoms with Gasteiger partial charge in [0.1, 0.15) is 0 Å². The van der Waals surface area contributed by atoms with Gasteiger partial charge in [-0.05, 0) is 37.2 Å². The number of benzene rings is 1. The third-order valence-electron chi connectivity index (χ3n) is 1.90. The van der Waals surface area contributed by atoms with Crippen LogP contribution >= 0.6 is 0 Å². The van der Waals surface area contributed by atoms with Crippen LogP contribution in [-0.4, -0.2) is 20.7 Å². The average molecular weight is 239 g/mol. The highest BCUT2D eigenvalue weighted by Crippen LogP contribution is 2.11. The molecule has 0 radical (unpaired) electrons. The Balaban J connectivity index is 2.70. The molecule has 0 aromatic heterocycles. The molecule has 0 bridgehead atoms. The van der Waals surface area contributed by atoms with Crippen molar-refractivity contribution in [2.75, 3.05) is 17.0 Å². The van der Waals surface area contributed by atoms with Gasteiger partial charge in [0.15, 0.2) is 0 Å². The third-order valence-corrected chi connectivity index (χ3v) is 3.28. The van der Waals surface area contributed by atoms with Gasteiger partial charge in [-0.25, -0.2) is 8.42 Å². The van der Waals surface area contributed by atoms with Crippen molar-refractivity contribution in [3.63, 3.8) is 0 Å². The molecule has 1 aromatic rings. The van der Waals surface area contributed by atoms with Gasteiger partial charge in [-0.2, -0.15) is 5.26 Å². The fourth-order valence-corrected chi connectivity index (χ4v) is 2.26. The van der Waals surface area contributed by atoms with Crippen LogP contribution in [0.1, 0.15) is 12.0 Å². The van der Waals surface area contributed by atoms with Crippen molar-refractivity contribution in [1.29, 1.82) is 5.26 Å². The van der Waals surface area contributed by atoms with Crippen LogP contribution in [-0.2, 0) is 10.0 Å². The Kier molecular flexibility index (Phi) is 4.28. The van der Waals surface area contributed by atoms with E-state index in [1.165, 1.54) is 0 Å². The highest BCUT2D eigenvalue weighted by molar-refractivity contribution is 7.92. The molecule has 0 amide bonds. The first-order valence-electron chi connectivity index (χ1n) is 4.78. The normalized spacial score (nSPS) is 10.8. The molecule has 0 heterocycles. The third kappa shape index (κ3) is 3.88. The molecule has 0 saturated heterocycles. The number of nitrogens with zero attached hydrogens (tertiary/aromatic N) is 1. The van der Waals surface area contributed by atoms with Crippen molar-refractivity contribution >= 4 is 15.7 Å². The molecule has 0 atom stereocenters. The first kappa shape index (κ1) is 12.5. The Morgan fingerprint density at radius 1 is 1.31 bits per heavy atom. The summed E-state index contributed by atoms with van der Waals surface area (Å²) in [5, 5.41) is 8.57. The van der Waals surface area contributed by atoms with Gasteiger partial charge in [0.25, 0.3) is 0 Å². The maximum Gasteiger partial charge on any atom is 0.232 e. The van der Waals surface area contributed by atoms with Crippen LogP contribution < -0.4 is 10.5 Å². The highest BCUT2D eigenvalue weighted by atomic mass is 32.2. The quantitative estimate of drug-likeness (QED) is 0.788. The van der Waals surface area contributed by atoms with Crippen LogP contribution in [0.15, 0.2) is 24.3 Å². The van der Waals surface area contributed by atoms with Gasteiger partial charge in [0.05, 0.1) is 17.4 Å². The molecule has 0 aliphatic carbocycles. The molecular weight excluding hydrogens is 226 g/mol. The number of nitrogens with one attached hydrogen (secondary N) is 1. The van der Waals surface area contributed by atoms with Crippen molar-refractivity contribution in [1.82, 2.24) is 0 Å². The lowest BCUT2D eigenvalue weighted by atomic mass is 10.2. The Morgan fingerprint density at radius 3 is 2.44 bits per heavy atom. The second-order valence-corrected chi connectivity index (χ2v) is 5.09. The zero-order chi connectivity index (χ0) is 12.0. The first-order chi connectivity index (χ1) is 7.57. The lowest BCUT2D eigenvalue weighted by Crippen LogP contribution is -2.18. The molecule has 0 aliphatic heterocycles. The zero-order valence-corrected chi connectivity index (χ0v) is 9.50. The fourth-order valence-electron chi connectivity index (χ4n) is 1.12. The molecule has 0 saturated carbocycles. The van der Waals surface area contributed by atoms with Gasteiger partial charge in [0.2, 0.25) is 10.0 Å². The maximum atomic E-state index is 11.5. The molecule has 0 spiro atoms. The minimum Gasteiger partial charge on any atom is -0.330 e. The smallest absolute Gasteiger partial charge is 0.232 e. The summed E-state index contributed by atoms with van der Waals surface area (Å²) in [6.07, 6.45) is 0.422. The van der Waals surface area contributed by atoms with E-state index in [-0.39, 0.29) is 5.75 Å². The Labute approximate surface area is 94.9 Å². The summed E-state index contributed by atoms with van der Waals surface area (Å²) in [6, 6.07) is 8.18. The van der Waals surface area contributed by atoms with Crippen LogP contribution in [0, 0.1) is 11.3 Å². The molecule has 3 N–H and O–H groups in total. The second kappa shape index (κ2) is 5.49. The van der Waals surface area contributed by atoms with E-state index in [0.717, 1.165) is 0 Å². The monoisotopic (exact) mass is 239 g/mol. The summed E-state index contributed by atoms with van der Waals surface area (Å²) in [6.45, 7) is 0.342. The number of nitriles is 1. The predicted octanol–water partition coefficient (Wildman–Crippen LogP) is 0.649. The van der Waals surface area contributed by atoms with Crippen molar-refractivity contribution in [2.24, 2.45) is 5.73 Å². The van der Waals surface area contributed by atoms with Crippen molar-refractivity contribution in [2.45, 2.75) is 6.42 Å². The van der Waals surface area contributed by atoms with E-state index in [1.54, 1.807) is 24.3 Å². The van der Waals surface area contributed by atoms with Crippen LogP contribution in [0.25, 0.3) is 0 Å². The van der Waals surface area contributed by atoms with E-state index in [1.807, 2.05) is 6.07 Å². The van der Waals surface area contributed by atoms with E-state index in [2.05, 4.69) is 4.72 Å². The minimum atomic E-state index is -3.33. The molecule has 1 aromatic carbocycles. The molecule has 0 aliphatic rings. The SMILES string of the molecule is N#Cc1ccc(NS(=O)(=O)CCCN)cc1. The van der Waals surface area contributed by atoms with Gasteiger partial charge in [-0.1, -0.05) is 0 Å². The second-order valence-electron chi connectivity index (χ2n) is 3.25. The number of hydrogen-bond acceptors (Lipinski definition) is 4. The van der Waals surface area contributed by atoms with Crippen molar-refractivity contribution in [3.05, 3.63) is 29.8 Å². The summed E-state index contributed by atoms with van der Waals surface area (Å²) < 4.78 is 25.4. The summed E-state index contributed by atoms with van der Waals surface area (Å²) >= 11 is 0. The topological polar surface area (TPSA) is 96.0 Å². The molecule has 0 unspecified atom stereocenters. The summed E-state index contributed by atoms with van der Waals surface area (Å²) in [5.74, 6) is 0.00347. The predicted molar refractivity (Wildman–Crippen MR) is 62.2 cm³/mol. The van der Waals surface area contributed by atoms with Crippen LogP contribution in [0.3, 0.4) is 0 Å². The molecule has 5 nitrogen and oxygen atoms in total. The number of rotatable bonds is 5. The molecule has 0 fully saturated rings. The fraction of sp³-hybridized carbons (Fsp3) is 0.300. The lowest BCUT2D eigenvalue weighted by Gasteiger charge is -2.06. The largest absolute Gasteiger partial charge is 0.330 e. The van der Waals surface area contributed by atoms with E-state index in [4.69, 9.17) is 11.0 Å². The van der Waals surface area contributed by atoms with Crippen molar-refractivity contribution in [3.8, 4) is 6.07 Å². The maximum absolute atomic E-state index is 11.5. The Bertz CT molecular complexity index is 474. The highest BCUT2D eigenvalue weighted by Gasteiger charge is 2.08. The summed E-state index contributed by atoms with van der Waals surface area (Å²) in [4.78, 5) is 0. The zero-order valence-electron chi connectivity index (χ0n) is 8.68. The number of sulfonamides is 1. The van der Waals surface area contributed by atoms with Gasteiger partial charge in [-0.3, -0.25) is 4.72 Å².